The van der Waals surface area contributed by atoms with Gasteiger partial charge in [-0.15, -0.1) is 0 Å². The number of hydrogen-bond donors (Lipinski definition) is 0. The van der Waals surface area contributed by atoms with E-state index in [9.17, 15) is 13.2 Å². The Balaban J connectivity index is 1.87. The number of hydrogen-bond acceptors (Lipinski definition) is 1. The molecule has 4 heteroatoms. The molecule has 0 radical (unpaired) electrons. The number of furan rings is 1. The summed E-state index contributed by atoms with van der Waals surface area (Å²) in [6, 6.07) is 34.6. The largest absolute Gasteiger partial charge is 0.459 e. The monoisotopic (exact) mass is 428 g/mol. The third-order valence-electron chi connectivity index (χ3n) is 5.85. The Kier molecular flexibility index (Phi) is 4.86. The summed E-state index contributed by atoms with van der Waals surface area (Å²) in [4.78, 5) is 0. The van der Waals surface area contributed by atoms with Crippen molar-refractivity contribution in [2.24, 2.45) is 0 Å². The highest BCUT2D eigenvalue weighted by Gasteiger charge is 2.42. The summed E-state index contributed by atoms with van der Waals surface area (Å²) in [5.74, 6) is 0.649. The van der Waals surface area contributed by atoms with Crippen LogP contribution in [0.2, 0.25) is 0 Å². The molecule has 0 amide bonds. The molecule has 32 heavy (non-hydrogen) atoms. The fourth-order valence-electron chi connectivity index (χ4n) is 4.38. The van der Waals surface area contributed by atoms with Crippen molar-refractivity contribution in [1.82, 2.24) is 0 Å². The molecule has 0 fully saturated rings. The first kappa shape index (κ1) is 20.1. The van der Waals surface area contributed by atoms with E-state index in [4.69, 9.17) is 4.42 Å². The maximum atomic E-state index is 13.3. The van der Waals surface area contributed by atoms with Crippen LogP contribution in [0.5, 0.6) is 0 Å². The molecule has 4 aromatic carbocycles. The number of rotatable bonds is 4. The first-order valence-corrected chi connectivity index (χ1v) is 10.3. The average molecular weight is 428 g/mol. The van der Waals surface area contributed by atoms with Gasteiger partial charge >= 0.3 is 6.18 Å². The van der Waals surface area contributed by atoms with Crippen molar-refractivity contribution in [2.75, 3.05) is 0 Å². The van der Waals surface area contributed by atoms with Crippen molar-refractivity contribution in [3.8, 4) is 0 Å². The number of halogens is 3. The van der Waals surface area contributed by atoms with Gasteiger partial charge in [0.05, 0.1) is 5.56 Å². The SMILES string of the molecule is FC(F)(F)c1ccc(C(c2ccccc2)(c2ccccc2)c2cc3ccccc3o2)cc1. The molecule has 5 rings (SSSR count). The molecule has 0 spiro atoms. The first-order chi connectivity index (χ1) is 15.5. The van der Waals surface area contributed by atoms with Crippen molar-refractivity contribution in [2.45, 2.75) is 11.6 Å². The zero-order chi connectivity index (χ0) is 22.2. The molecular weight excluding hydrogens is 409 g/mol. The van der Waals surface area contributed by atoms with Crippen LogP contribution in [-0.4, -0.2) is 0 Å². The topological polar surface area (TPSA) is 13.1 Å². The molecule has 0 aliphatic carbocycles. The van der Waals surface area contributed by atoms with E-state index in [0.717, 1.165) is 34.2 Å². The molecule has 0 aliphatic heterocycles. The Bertz CT molecular complexity index is 1260. The number of benzene rings is 4. The van der Waals surface area contributed by atoms with Crippen LogP contribution in [0.15, 0.2) is 120 Å². The molecule has 0 bridgehead atoms. The summed E-state index contributed by atoms with van der Waals surface area (Å²) in [5.41, 5.74) is 1.63. The van der Waals surface area contributed by atoms with Gasteiger partial charge in [-0.05, 0) is 41.0 Å². The van der Waals surface area contributed by atoms with Crippen molar-refractivity contribution in [1.29, 1.82) is 0 Å². The van der Waals surface area contributed by atoms with E-state index >= 15 is 0 Å². The minimum atomic E-state index is -4.40. The fourth-order valence-corrected chi connectivity index (χ4v) is 4.38. The Morgan fingerprint density at radius 3 is 1.50 bits per heavy atom. The van der Waals surface area contributed by atoms with Crippen molar-refractivity contribution < 1.29 is 17.6 Å². The molecular formula is C28H19F3O. The Morgan fingerprint density at radius 2 is 0.969 bits per heavy atom. The van der Waals surface area contributed by atoms with Gasteiger partial charge in [-0.1, -0.05) is 91.0 Å². The van der Waals surface area contributed by atoms with Gasteiger partial charge in [-0.3, -0.25) is 0 Å². The molecule has 0 saturated carbocycles. The summed E-state index contributed by atoms with van der Waals surface area (Å²) < 4.78 is 46.3. The predicted octanol–water partition coefficient (Wildman–Crippen LogP) is 7.83. The number of para-hydroxylation sites is 1. The third-order valence-corrected chi connectivity index (χ3v) is 5.85. The van der Waals surface area contributed by atoms with E-state index < -0.39 is 17.2 Å². The van der Waals surface area contributed by atoms with Crippen LogP contribution >= 0.6 is 0 Å². The smallest absolute Gasteiger partial charge is 0.416 e. The molecule has 1 aromatic heterocycles. The number of alkyl halides is 3. The van der Waals surface area contributed by atoms with Crippen molar-refractivity contribution in [3.63, 3.8) is 0 Å². The molecule has 158 valence electrons. The molecule has 0 atom stereocenters. The van der Waals surface area contributed by atoms with E-state index in [2.05, 4.69) is 0 Å². The van der Waals surface area contributed by atoms with E-state index in [1.54, 1.807) is 12.1 Å². The van der Waals surface area contributed by atoms with E-state index in [1.165, 1.54) is 0 Å². The van der Waals surface area contributed by atoms with Gasteiger partial charge in [0.25, 0.3) is 0 Å². The van der Waals surface area contributed by atoms with Gasteiger partial charge in [0.2, 0.25) is 0 Å². The van der Waals surface area contributed by atoms with Crippen LogP contribution in [0.4, 0.5) is 13.2 Å². The highest BCUT2D eigenvalue weighted by Crippen LogP contribution is 2.47. The Hall–Kier alpha value is -3.79. The predicted molar refractivity (Wildman–Crippen MR) is 120 cm³/mol. The highest BCUT2D eigenvalue weighted by atomic mass is 19.4. The molecule has 5 aromatic rings. The lowest BCUT2D eigenvalue weighted by Gasteiger charge is -2.34. The average Bonchev–Trinajstić information content (AvgIpc) is 3.25. The molecule has 0 unspecified atom stereocenters. The van der Waals surface area contributed by atoms with Gasteiger partial charge in [0, 0.05) is 5.39 Å². The maximum Gasteiger partial charge on any atom is 0.416 e. The van der Waals surface area contributed by atoms with Crippen LogP contribution in [0.25, 0.3) is 11.0 Å². The van der Waals surface area contributed by atoms with Gasteiger partial charge < -0.3 is 4.42 Å². The van der Waals surface area contributed by atoms with E-state index in [1.807, 2.05) is 91.0 Å². The Labute approximate surface area is 183 Å². The summed E-state index contributed by atoms with van der Waals surface area (Å²) in [5, 5.41) is 0.936. The van der Waals surface area contributed by atoms with Gasteiger partial charge in [-0.25, -0.2) is 0 Å². The molecule has 1 heterocycles. The normalized spacial score (nSPS) is 12.2. The minimum absolute atomic E-state index is 0.649. The van der Waals surface area contributed by atoms with Crippen molar-refractivity contribution >= 4 is 11.0 Å². The summed E-state index contributed by atoms with van der Waals surface area (Å²) in [6.07, 6.45) is -4.40. The van der Waals surface area contributed by atoms with E-state index in [0.29, 0.717) is 11.3 Å². The van der Waals surface area contributed by atoms with Gasteiger partial charge in [0.1, 0.15) is 16.8 Å². The lowest BCUT2D eigenvalue weighted by atomic mass is 9.67. The Morgan fingerprint density at radius 1 is 0.500 bits per heavy atom. The summed E-state index contributed by atoms with van der Waals surface area (Å²) >= 11 is 0. The lowest BCUT2D eigenvalue weighted by Crippen LogP contribution is -2.30. The quantitative estimate of drug-likeness (QED) is 0.266. The molecule has 1 nitrogen and oxygen atoms in total. The second-order valence-electron chi connectivity index (χ2n) is 7.71. The van der Waals surface area contributed by atoms with Crippen LogP contribution in [-0.2, 0) is 11.6 Å². The third kappa shape index (κ3) is 3.28. The zero-order valence-electron chi connectivity index (χ0n) is 17.0. The summed E-state index contributed by atoms with van der Waals surface area (Å²) in [6.45, 7) is 0. The van der Waals surface area contributed by atoms with Crippen LogP contribution in [0.3, 0.4) is 0 Å². The zero-order valence-corrected chi connectivity index (χ0v) is 17.0. The van der Waals surface area contributed by atoms with Gasteiger partial charge in [0.15, 0.2) is 0 Å². The first-order valence-electron chi connectivity index (χ1n) is 10.3. The number of fused-ring (bicyclic) bond motifs is 1. The van der Waals surface area contributed by atoms with Crippen LogP contribution in [0, 0.1) is 0 Å². The van der Waals surface area contributed by atoms with Crippen molar-refractivity contribution in [3.05, 3.63) is 143 Å². The molecule has 0 saturated heterocycles. The molecule has 0 aliphatic rings. The van der Waals surface area contributed by atoms with Crippen LogP contribution < -0.4 is 0 Å². The van der Waals surface area contributed by atoms with Crippen LogP contribution in [0.1, 0.15) is 28.0 Å². The van der Waals surface area contributed by atoms with E-state index in [-0.39, 0.29) is 0 Å². The minimum Gasteiger partial charge on any atom is -0.459 e. The fraction of sp³-hybridized carbons (Fsp3) is 0.0714. The molecule has 0 N–H and O–H groups in total. The lowest BCUT2D eigenvalue weighted by molar-refractivity contribution is -0.137. The standard InChI is InChI=1S/C28H19F3O/c29-28(30,31)24-17-15-23(16-18-24)27(21-10-3-1-4-11-21,22-12-5-2-6-13-22)26-19-20-9-7-8-14-25(20)32-26/h1-19H. The highest BCUT2D eigenvalue weighted by molar-refractivity contribution is 5.79. The second kappa shape index (κ2) is 7.72. The maximum absolute atomic E-state index is 13.3. The van der Waals surface area contributed by atoms with Gasteiger partial charge in [-0.2, -0.15) is 13.2 Å². The summed E-state index contributed by atoms with van der Waals surface area (Å²) in [7, 11) is 0. The second-order valence-corrected chi connectivity index (χ2v) is 7.71.